The summed E-state index contributed by atoms with van der Waals surface area (Å²) in [5, 5.41) is 2.56. The monoisotopic (exact) mass is 370 g/mol. The quantitative estimate of drug-likeness (QED) is 0.759. The van der Waals surface area contributed by atoms with Crippen LogP contribution in [0.3, 0.4) is 0 Å². The first-order chi connectivity index (χ1) is 12.2. The van der Waals surface area contributed by atoms with Crippen molar-refractivity contribution >= 4 is 5.91 Å². The summed E-state index contributed by atoms with van der Waals surface area (Å²) in [5.41, 5.74) is 1.06. The van der Waals surface area contributed by atoms with Crippen molar-refractivity contribution in [2.75, 3.05) is 13.6 Å². The van der Waals surface area contributed by atoms with E-state index in [0.717, 1.165) is 5.56 Å². The molecule has 0 unspecified atom stereocenters. The molecule has 0 radical (unpaired) electrons. The van der Waals surface area contributed by atoms with E-state index in [-0.39, 0.29) is 36.1 Å². The SMILES string of the molecule is CN(CC(=O)NCc1ccccc1OC(F)(F)F)Cc1ccc(F)cc1. The Morgan fingerprint density at radius 3 is 2.42 bits per heavy atom. The van der Waals surface area contributed by atoms with Crippen molar-refractivity contribution in [1.82, 2.24) is 10.2 Å². The summed E-state index contributed by atoms with van der Waals surface area (Å²) in [6, 6.07) is 11.5. The maximum absolute atomic E-state index is 12.9. The zero-order valence-corrected chi connectivity index (χ0v) is 14.0. The van der Waals surface area contributed by atoms with Crippen LogP contribution < -0.4 is 10.1 Å². The summed E-state index contributed by atoms with van der Waals surface area (Å²) in [6.07, 6.45) is -4.80. The highest BCUT2D eigenvalue weighted by molar-refractivity contribution is 5.78. The Labute approximate surface area is 148 Å². The molecule has 0 atom stereocenters. The Hall–Kier alpha value is -2.61. The van der Waals surface area contributed by atoms with Crippen LogP contribution in [0.25, 0.3) is 0 Å². The standard InChI is InChI=1S/C18H18F4N2O2/c1-24(11-13-6-8-15(19)9-7-13)12-17(25)23-10-14-4-2-3-5-16(14)26-18(20,21)22/h2-9H,10-12H2,1H3,(H,23,25). The second-order valence-corrected chi connectivity index (χ2v) is 5.73. The summed E-state index contributed by atoms with van der Waals surface area (Å²) in [4.78, 5) is 13.7. The number of ether oxygens (including phenoxy) is 1. The van der Waals surface area contributed by atoms with Gasteiger partial charge in [0.05, 0.1) is 6.54 Å². The normalized spacial score (nSPS) is 11.5. The van der Waals surface area contributed by atoms with Crippen LogP contribution in [-0.2, 0) is 17.9 Å². The van der Waals surface area contributed by atoms with E-state index in [1.165, 1.54) is 30.3 Å². The van der Waals surface area contributed by atoms with Gasteiger partial charge in [0.1, 0.15) is 11.6 Å². The van der Waals surface area contributed by atoms with E-state index >= 15 is 0 Å². The molecule has 26 heavy (non-hydrogen) atoms. The van der Waals surface area contributed by atoms with Crippen LogP contribution in [0.5, 0.6) is 5.75 Å². The number of alkyl halides is 3. The molecule has 1 N–H and O–H groups in total. The summed E-state index contributed by atoms with van der Waals surface area (Å²) in [7, 11) is 1.71. The first kappa shape index (κ1) is 19.7. The lowest BCUT2D eigenvalue weighted by atomic mass is 10.2. The van der Waals surface area contributed by atoms with Gasteiger partial charge in [0.25, 0.3) is 0 Å². The molecular formula is C18H18F4N2O2. The maximum Gasteiger partial charge on any atom is 0.573 e. The number of carbonyl (C=O) groups excluding carboxylic acids is 1. The van der Waals surface area contributed by atoms with E-state index in [2.05, 4.69) is 10.1 Å². The van der Waals surface area contributed by atoms with Gasteiger partial charge >= 0.3 is 6.36 Å². The first-order valence-corrected chi connectivity index (χ1v) is 7.76. The van der Waals surface area contributed by atoms with Gasteiger partial charge in [-0.1, -0.05) is 30.3 Å². The minimum atomic E-state index is -4.80. The van der Waals surface area contributed by atoms with Crippen molar-refractivity contribution in [2.24, 2.45) is 0 Å². The zero-order chi connectivity index (χ0) is 19.2. The molecule has 0 aliphatic heterocycles. The second-order valence-electron chi connectivity index (χ2n) is 5.73. The predicted molar refractivity (Wildman–Crippen MR) is 87.7 cm³/mol. The number of hydrogen-bond donors (Lipinski definition) is 1. The average Bonchev–Trinajstić information content (AvgIpc) is 2.55. The van der Waals surface area contributed by atoms with Crippen LogP contribution in [0.4, 0.5) is 17.6 Å². The van der Waals surface area contributed by atoms with Crippen molar-refractivity contribution in [1.29, 1.82) is 0 Å². The largest absolute Gasteiger partial charge is 0.573 e. The smallest absolute Gasteiger partial charge is 0.405 e. The molecule has 4 nitrogen and oxygen atoms in total. The molecule has 0 aliphatic carbocycles. The fraction of sp³-hybridized carbons (Fsp3) is 0.278. The number of carbonyl (C=O) groups is 1. The molecule has 1 amide bonds. The first-order valence-electron chi connectivity index (χ1n) is 7.76. The van der Waals surface area contributed by atoms with E-state index < -0.39 is 6.36 Å². The van der Waals surface area contributed by atoms with Crippen molar-refractivity contribution in [3.8, 4) is 5.75 Å². The van der Waals surface area contributed by atoms with Crippen LogP contribution >= 0.6 is 0 Å². The topological polar surface area (TPSA) is 41.6 Å². The highest BCUT2D eigenvalue weighted by atomic mass is 19.4. The summed E-state index contributed by atoms with van der Waals surface area (Å²) in [5.74, 6) is -1.04. The molecule has 2 rings (SSSR count). The van der Waals surface area contributed by atoms with Crippen LogP contribution in [0.1, 0.15) is 11.1 Å². The van der Waals surface area contributed by atoms with Crippen LogP contribution in [0.15, 0.2) is 48.5 Å². The van der Waals surface area contributed by atoms with Crippen molar-refractivity contribution in [2.45, 2.75) is 19.5 Å². The molecule has 0 saturated carbocycles. The fourth-order valence-electron chi connectivity index (χ4n) is 2.33. The number of likely N-dealkylation sites (N-methyl/N-ethyl adjacent to an activating group) is 1. The maximum atomic E-state index is 12.9. The minimum absolute atomic E-state index is 0.0413. The van der Waals surface area contributed by atoms with Gasteiger partial charge < -0.3 is 10.1 Å². The predicted octanol–water partition coefficient (Wildman–Crippen LogP) is 3.47. The van der Waals surface area contributed by atoms with Gasteiger partial charge in [-0.05, 0) is 30.8 Å². The summed E-state index contributed by atoms with van der Waals surface area (Å²) < 4.78 is 54.0. The Bertz CT molecular complexity index is 733. The lowest BCUT2D eigenvalue weighted by molar-refractivity contribution is -0.274. The third-order valence-corrected chi connectivity index (χ3v) is 3.45. The number of para-hydroxylation sites is 1. The van der Waals surface area contributed by atoms with Crippen molar-refractivity contribution < 1.29 is 27.1 Å². The minimum Gasteiger partial charge on any atom is -0.405 e. The molecule has 0 saturated heterocycles. The van der Waals surface area contributed by atoms with E-state index in [1.54, 1.807) is 30.1 Å². The number of hydrogen-bond acceptors (Lipinski definition) is 3. The van der Waals surface area contributed by atoms with E-state index in [0.29, 0.717) is 6.54 Å². The Morgan fingerprint density at radius 1 is 1.12 bits per heavy atom. The molecule has 0 aliphatic rings. The van der Waals surface area contributed by atoms with Crippen molar-refractivity contribution in [3.63, 3.8) is 0 Å². The number of rotatable bonds is 7. The lowest BCUT2D eigenvalue weighted by Crippen LogP contribution is -2.34. The van der Waals surface area contributed by atoms with Crippen LogP contribution in [-0.4, -0.2) is 30.8 Å². The average molecular weight is 370 g/mol. The van der Waals surface area contributed by atoms with Gasteiger partial charge in [-0.2, -0.15) is 0 Å². The highest BCUT2D eigenvalue weighted by Crippen LogP contribution is 2.26. The summed E-state index contributed by atoms with van der Waals surface area (Å²) in [6.45, 7) is 0.386. The number of halogens is 4. The third kappa shape index (κ3) is 6.72. The van der Waals surface area contributed by atoms with Gasteiger partial charge in [-0.3, -0.25) is 9.69 Å². The molecular weight excluding hydrogens is 352 g/mol. The number of nitrogens with one attached hydrogen (secondary N) is 1. The highest BCUT2D eigenvalue weighted by Gasteiger charge is 2.31. The number of benzene rings is 2. The second kappa shape index (κ2) is 8.66. The third-order valence-electron chi connectivity index (χ3n) is 3.45. The van der Waals surface area contributed by atoms with E-state index in [4.69, 9.17) is 0 Å². The molecule has 0 aromatic heterocycles. The molecule has 2 aromatic carbocycles. The molecule has 8 heteroatoms. The molecule has 0 heterocycles. The van der Waals surface area contributed by atoms with Gasteiger partial charge in [0.15, 0.2) is 0 Å². The van der Waals surface area contributed by atoms with Gasteiger partial charge in [-0.25, -0.2) is 4.39 Å². The number of amides is 1. The zero-order valence-electron chi connectivity index (χ0n) is 14.0. The molecule has 140 valence electrons. The fourth-order valence-corrected chi connectivity index (χ4v) is 2.33. The van der Waals surface area contributed by atoms with E-state index in [9.17, 15) is 22.4 Å². The molecule has 2 aromatic rings. The Kier molecular flexibility index (Phi) is 6.57. The van der Waals surface area contributed by atoms with Crippen LogP contribution in [0, 0.1) is 5.82 Å². The molecule has 0 fully saturated rings. The van der Waals surface area contributed by atoms with Gasteiger partial charge in [0, 0.05) is 18.7 Å². The molecule has 0 spiro atoms. The van der Waals surface area contributed by atoms with E-state index in [1.807, 2.05) is 0 Å². The Morgan fingerprint density at radius 2 is 1.77 bits per heavy atom. The molecule has 0 bridgehead atoms. The van der Waals surface area contributed by atoms with Crippen molar-refractivity contribution in [3.05, 3.63) is 65.5 Å². The van der Waals surface area contributed by atoms with Gasteiger partial charge in [0.2, 0.25) is 5.91 Å². The lowest BCUT2D eigenvalue weighted by Gasteiger charge is -2.17. The Balaban J connectivity index is 1.86. The summed E-state index contributed by atoms with van der Waals surface area (Å²) >= 11 is 0. The van der Waals surface area contributed by atoms with Gasteiger partial charge in [-0.15, -0.1) is 13.2 Å². The van der Waals surface area contributed by atoms with Crippen LogP contribution in [0.2, 0.25) is 0 Å². The number of nitrogens with zero attached hydrogens (tertiary/aromatic N) is 1.